The van der Waals surface area contributed by atoms with Crippen molar-refractivity contribution in [3.8, 4) is 11.5 Å². The summed E-state index contributed by atoms with van der Waals surface area (Å²) in [4.78, 5) is 16.5. The first-order valence-electron chi connectivity index (χ1n) is 8.65. The van der Waals surface area contributed by atoms with Crippen molar-refractivity contribution in [3.63, 3.8) is 0 Å². The maximum Gasteiger partial charge on any atom is 0.274 e. The van der Waals surface area contributed by atoms with Gasteiger partial charge in [0.1, 0.15) is 11.5 Å². The molecule has 1 N–H and O–H groups in total. The third-order valence-electron chi connectivity index (χ3n) is 4.69. The number of rotatable bonds is 4. The molecule has 0 radical (unpaired) electrons. The predicted octanol–water partition coefficient (Wildman–Crippen LogP) is 3.42. The van der Waals surface area contributed by atoms with E-state index in [1.807, 2.05) is 0 Å². The normalized spacial score (nSPS) is 15.3. The van der Waals surface area contributed by atoms with Gasteiger partial charge < -0.3 is 9.32 Å². The SMILES string of the molecule is O=C(c1cc(-c2ccco2)[nH]n1)N1CCN(Cc2c(F)cccc2Cl)CC1. The summed E-state index contributed by atoms with van der Waals surface area (Å²) in [5.74, 6) is 0.198. The topological polar surface area (TPSA) is 65.4 Å². The summed E-state index contributed by atoms with van der Waals surface area (Å²) in [5, 5.41) is 7.35. The number of nitrogens with zero attached hydrogens (tertiary/aromatic N) is 3. The van der Waals surface area contributed by atoms with Crippen LogP contribution in [0.25, 0.3) is 11.5 Å². The summed E-state index contributed by atoms with van der Waals surface area (Å²) in [5.41, 5.74) is 1.51. The lowest BCUT2D eigenvalue weighted by Crippen LogP contribution is -2.48. The number of benzene rings is 1. The Balaban J connectivity index is 1.37. The van der Waals surface area contributed by atoms with Crippen molar-refractivity contribution in [3.05, 3.63) is 64.8 Å². The van der Waals surface area contributed by atoms with Gasteiger partial charge in [0, 0.05) is 49.4 Å². The number of aromatic amines is 1. The predicted molar refractivity (Wildman–Crippen MR) is 98.9 cm³/mol. The molecule has 0 bridgehead atoms. The van der Waals surface area contributed by atoms with Gasteiger partial charge in [-0.05, 0) is 24.3 Å². The molecule has 2 aromatic heterocycles. The van der Waals surface area contributed by atoms with Crippen molar-refractivity contribution >= 4 is 17.5 Å². The fourth-order valence-electron chi connectivity index (χ4n) is 3.17. The zero-order valence-electron chi connectivity index (χ0n) is 14.5. The lowest BCUT2D eigenvalue weighted by molar-refractivity contribution is 0.0621. The van der Waals surface area contributed by atoms with E-state index in [2.05, 4.69) is 15.1 Å². The highest BCUT2D eigenvalue weighted by Gasteiger charge is 2.25. The van der Waals surface area contributed by atoms with Gasteiger partial charge in [0.25, 0.3) is 5.91 Å². The number of hydrogen-bond acceptors (Lipinski definition) is 4. The fraction of sp³-hybridized carbons (Fsp3) is 0.263. The second-order valence-corrected chi connectivity index (χ2v) is 6.82. The van der Waals surface area contributed by atoms with Crippen LogP contribution in [0.2, 0.25) is 5.02 Å². The van der Waals surface area contributed by atoms with Crippen LogP contribution < -0.4 is 0 Å². The average Bonchev–Trinajstić information content (AvgIpc) is 3.36. The van der Waals surface area contributed by atoms with Gasteiger partial charge in [0.2, 0.25) is 0 Å². The number of furan rings is 1. The Morgan fingerprint density at radius 3 is 2.74 bits per heavy atom. The number of carbonyl (C=O) groups is 1. The minimum absolute atomic E-state index is 0.132. The maximum absolute atomic E-state index is 14.0. The van der Waals surface area contributed by atoms with E-state index in [1.54, 1.807) is 41.5 Å². The van der Waals surface area contributed by atoms with E-state index < -0.39 is 0 Å². The van der Waals surface area contributed by atoms with Crippen LogP contribution in [0.15, 0.2) is 47.1 Å². The van der Waals surface area contributed by atoms with Crippen LogP contribution in [0.1, 0.15) is 16.1 Å². The monoisotopic (exact) mass is 388 g/mol. The fourth-order valence-corrected chi connectivity index (χ4v) is 3.39. The van der Waals surface area contributed by atoms with Gasteiger partial charge in [-0.1, -0.05) is 17.7 Å². The Morgan fingerprint density at radius 1 is 1.22 bits per heavy atom. The molecule has 1 aliphatic rings. The molecular weight excluding hydrogens is 371 g/mol. The Labute approximate surface area is 160 Å². The van der Waals surface area contributed by atoms with Gasteiger partial charge in [0.15, 0.2) is 11.5 Å². The minimum Gasteiger partial charge on any atom is -0.463 e. The van der Waals surface area contributed by atoms with Crippen molar-refractivity contribution in [1.29, 1.82) is 0 Å². The van der Waals surface area contributed by atoms with Gasteiger partial charge in [-0.3, -0.25) is 14.8 Å². The first-order valence-corrected chi connectivity index (χ1v) is 9.03. The molecule has 3 heterocycles. The Hall–Kier alpha value is -2.64. The largest absolute Gasteiger partial charge is 0.463 e. The molecule has 0 atom stereocenters. The number of halogens is 2. The number of aromatic nitrogens is 2. The standard InChI is InChI=1S/C19H18ClFN4O2/c20-14-3-1-4-15(21)13(14)12-24-6-8-25(9-7-24)19(26)17-11-16(22-23-17)18-5-2-10-27-18/h1-5,10-11H,6-9,12H2,(H,22,23). The molecule has 1 aliphatic heterocycles. The zero-order chi connectivity index (χ0) is 18.8. The van der Waals surface area contributed by atoms with Crippen LogP contribution in [0, 0.1) is 5.82 Å². The number of piperazine rings is 1. The Morgan fingerprint density at radius 2 is 2.04 bits per heavy atom. The molecule has 3 aromatic rings. The number of carbonyl (C=O) groups excluding carboxylic acids is 1. The number of nitrogens with one attached hydrogen (secondary N) is 1. The number of H-pyrrole nitrogens is 1. The van der Waals surface area contributed by atoms with E-state index >= 15 is 0 Å². The maximum atomic E-state index is 14.0. The summed E-state index contributed by atoms with van der Waals surface area (Å²) < 4.78 is 19.3. The molecular formula is C19H18ClFN4O2. The van der Waals surface area contributed by atoms with E-state index in [9.17, 15) is 9.18 Å². The van der Waals surface area contributed by atoms with Gasteiger partial charge in [-0.25, -0.2) is 4.39 Å². The molecule has 1 amide bonds. The highest BCUT2D eigenvalue weighted by atomic mass is 35.5. The lowest BCUT2D eigenvalue weighted by atomic mass is 10.1. The molecule has 0 spiro atoms. The molecule has 8 heteroatoms. The Kier molecular flexibility index (Phi) is 4.96. The van der Waals surface area contributed by atoms with Crippen molar-refractivity contribution in [1.82, 2.24) is 20.0 Å². The van der Waals surface area contributed by atoms with Crippen molar-refractivity contribution in [2.24, 2.45) is 0 Å². The van der Waals surface area contributed by atoms with Gasteiger partial charge in [0.05, 0.1) is 6.26 Å². The molecule has 4 rings (SSSR count). The second kappa shape index (κ2) is 7.54. The molecule has 0 saturated carbocycles. The van der Waals surface area contributed by atoms with Crippen LogP contribution in [0.3, 0.4) is 0 Å². The molecule has 0 unspecified atom stereocenters. The zero-order valence-corrected chi connectivity index (χ0v) is 15.2. The molecule has 27 heavy (non-hydrogen) atoms. The molecule has 140 valence electrons. The van der Waals surface area contributed by atoms with Gasteiger partial charge in [-0.15, -0.1) is 0 Å². The molecule has 1 aromatic carbocycles. The number of amides is 1. The van der Waals surface area contributed by atoms with E-state index in [0.717, 1.165) is 0 Å². The average molecular weight is 389 g/mol. The van der Waals surface area contributed by atoms with Gasteiger partial charge >= 0.3 is 0 Å². The van der Waals surface area contributed by atoms with Crippen LogP contribution >= 0.6 is 11.6 Å². The highest BCUT2D eigenvalue weighted by Crippen LogP contribution is 2.22. The lowest BCUT2D eigenvalue weighted by Gasteiger charge is -2.34. The highest BCUT2D eigenvalue weighted by molar-refractivity contribution is 6.31. The molecule has 6 nitrogen and oxygen atoms in total. The Bertz CT molecular complexity index is 913. The third kappa shape index (κ3) is 3.74. The molecule has 1 fully saturated rings. The first kappa shape index (κ1) is 17.8. The van der Waals surface area contributed by atoms with E-state index in [4.69, 9.17) is 16.0 Å². The van der Waals surface area contributed by atoms with Crippen LogP contribution in [-0.4, -0.2) is 52.1 Å². The summed E-state index contributed by atoms with van der Waals surface area (Å²) >= 11 is 6.10. The van der Waals surface area contributed by atoms with Crippen molar-refractivity contribution in [2.45, 2.75) is 6.54 Å². The van der Waals surface area contributed by atoms with Crippen LogP contribution in [0.5, 0.6) is 0 Å². The van der Waals surface area contributed by atoms with Gasteiger partial charge in [-0.2, -0.15) is 5.10 Å². The second-order valence-electron chi connectivity index (χ2n) is 6.41. The summed E-state index contributed by atoms with van der Waals surface area (Å²) in [6, 6.07) is 9.96. The van der Waals surface area contributed by atoms with Crippen LogP contribution in [-0.2, 0) is 6.54 Å². The van der Waals surface area contributed by atoms with E-state index in [1.165, 1.54) is 6.07 Å². The summed E-state index contributed by atoms with van der Waals surface area (Å²) in [6.07, 6.45) is 1.57. The van der Waals surface area contributed by atoms with Crippen molar-refractivity contribution < 1.29 is 13.6 Å². The number of hydrogen-bond donors (Lipinski definition) is 1. The van der Waals surface area contributed by atoms with Crippen LogP contribution in [0.4, 0.5) is 4.39 Å². The molecule has 1 saturated heterocycles. The van der Waals surface area contributed by atoms with E-state index in [0.29, 0.717) is 60.5 Å². The minimum atomic E-state index is -0.303. The summed E-state index contributed by atoms with van der Waals surface area (Å²) in [7, 11) is 0. The molecule has 0 aliphatic carbocycles. The smallest absolute Gasteiger partial charge is 0.274 e. The van der Waals surface area contributed by atoms with E-state index in [-0.39, 0.29) is 11.7 Å². The summed E-state index contributed by atoms with van der Waals surface area (Å²) in [6.45, 7) is 2.82. The first-order chi connectivity index (χ1) is 13.1. The quantitative estimate of drug-likeness (QED) is 0.743. The van der Waals surface area contributed by atoms with Crippen molar-refractivity contribution in [2.75, 3.05) is 26.2 Å². The third-order valence-corrected chi connectivity index (χ3v) is 5.04.